The van der Waals surface area contributed by atoms with Gasteiger partial charge in [-0.25, -0.2) is 0 Å². The van der Waals surface area contributed by atoms with Gasteiger partial charge in [-0.05, 0) is 17.7 Å². The number of aliphatic hydroxyl groups excluding tert-OH is 1. The first-order chi connectivity index (χ1) is 6.69. The Hall–Kier alpha value is -0.880. The lowest BCUT2D eigenvalue weighted by Gasteiger charge is -2.08. The van der Waals surface area contributed by atoms with Crippen LogP contribution in [-0.2, 0) is 6.61 Å². The second-order valence-corrected chi connectivity index (χ2v) is 3.35. The zero-order valence-electron chi connectivity index (χ0n) is 7.26. The summed E-state index contributed by atoms with van der Waals surface area (Å²) in [6.07, 6.45) is 5.03. The molecule has 0 bridgehead atoms. The van der Waals surface area contributed by atoms with Gasteiger partial charge >= 0.3 is 0 Å². The molecule has 0 amide bonds. The van der Waals surface area contributed by atoms with Gasteiger partial charge in [-0.1, -0.05) is 29.1 Å². The van der Waals surface area contributed by atoms with E-state index >= 15 is 0 Å². The van der Waals surface area contributed by atoms with Crippen molar-refractivity contribution in [1.82, 2.24) is 0 Å². The van der Waals surface area contributed by atoms with Gasteiger partial charge in [-0.15, -0.1) is 6.42 Å². The minimum absolute atomic E-state index is 0.109. The summed E-state index contributed by atoms with van der Waals surface area (Å²) >= 11 is 11.7. The fraction of sp³-hybridized carbons (Fsp3) is 0.200. The predicted molar refractivity (Wildman–Crippen MR) is 56.7 cm³/mol. The molecule has 0 unspecified atom stereocenters. The van der Waals surface area contributed by atoms with E-state index in [1.165, 1.54) is 0 Å². The highest BCUT2D eigenvalue weighted by Crippen LogP contribution is 2.34. The van der Waals surface area contributed by atoms with Gasteiger partial charge in [0.1, 0.15) is 6.61 Å². The quantitative estimate of drug-likeness (QED) is 0.810. The Morgan fingerprint density at radius 3 is 2.36 bits per heavy atom. The van der Waals surface area contributed by atoms with E-state index in [1.54, 1.807) is 12.1 Å². The number of aliphatic hydroxyl groups is 1. The summed E-state index contributed by atoms with van der Waals surface area (Å²) in [5.74, 6) is 2.66. The topological polar surface area (TPSA) is 29.5 Å². The van der Waals surface area contributed by atoms with E-state index in [4.69, 9.17) is 39.5 Å². The van der Waals surface area contributed by atoms with Crippen molar-refractivity contribution >= 4 is 23.2 Å². The predicted octanol–water partition coefficient (Wildman–Crippen LogP) is 2.50. The summed E-state index contributed by atoms with van der Waals surface area (Å²) in [6.45, 7) is -0.00717. The molecule has 14 heavy (non-hydrogen) atoms. The van der Waals surface area contributed by atoms with Crippen LogP contribution in [-0.4, -0.2) is 11.7 Å². The number of ether oxygens (including phenoxy) is 1. The molecule has 0 atom stereocenters. The maximum atomic E-state index is 8.86. The van der Waals surface area contributed by atoms with Crippen molar-refractivity contribution in [2.75, 3.05) is 6.61 Å². The molecule has 0 aliphatic heterocycles. The second kappa shape index (κ2) is 5.11. The largest absolute Gasteiger partial charge is 0.478 e. The first-order valence-corrected chi connectivity index (χ1v) is 4.59. The molecule has 0 aliphatic carbocycles. The van der Waals surface area contributed by atoms with Crippen LogP contribution in [0.5, 0.6) is 5.75 Å². The van der Waals surface area contributed by atoms with Crippen LogP contribution in [0.25, 0.3) is 0 Å². The Morgan fingerprint density at radius 1 is 1.36 bits per heavy atom. The Morgan fingerprint density at radius 2 is 1.93 bits per heavy atom. The molecular formula is C10H8Cl2O2. The number of rotatable bonds is 3. The highest BCUT2D eigenvalue weighted by molar-refractivity contribution is 6.37. The lowest BCUT2D eigenvalue weighted by atomic mass is 10.2. The molecule has 1 rings (SSSR count). The van der Waals surface area contributed by atoms with Crippen LogP contribution in [0.2, 0.25) is 10.0 Å². The molecule has 0 aromatic heterocycles. The average Bonchev–Trinajstić information content (AvgIpc) is 2.16. The summed E-state index contributed by atoms with van der Waals surface area (Å²) in [7, 11) is 0. The van der Waals surface area contributed by atoms with Crippen molar-refractivity contribution in [3.63, 3.8) is 0 Å². The van der Waals surface area contributed by atoms with Crippen LogP contribution in [0.15, 0.2) is 12.1 Å². The SMILES string of the molecule is C#CCOc1c(Cl)cc(CO)cc1Cl. The Bertz CT molecular complexity index is 346. The Labute approximate surface area is 92.4 Å². The smallest absolute Gasteiger partial charge is 0.157 e. The number of benzene rings is 1. The van der Waals surface area contributed by atoms with Gasteiger partial charge in [0.25, 0.3) is 0 Å². The normalized spacial score (nSPS) is 9.57. The second-order valence-electron chi connectivity index (χ2n) is 2.54. The molecule has 0 heterocycles. The molecule has 0 radical (unpaired) electrons. The highest BCUT2D eigenvalue weighted by atomic mass is 35.5. The summed E-state index contributed by atoms with van der Waals surface area (Å²) in [5.41, 5.74) is 0.632. The minimum Gasteiger partial charge on any atom is -0.478 e. The molecule has 0 fully saturated rings. The summed E-state index contributed by atoms with van der Waals surface area (Å²) in [4.78, 5) is 0. The van der Waals surface area contributed by atoms with Crippen molar-refractivity contribution in [3.05, 3.63) is 27.7 Å². The zero-order chi connectivity index (χ0) is 10.6. The third kappa shape index (κ3) is 2.55. The molecule has 2 nitrogen and oxygen atoms in total. The summed E-state index contributed by atoms with van der Waals surface area (Å²) < 4.78 is 5.13. The monoisotopic (exact) mass is 230 g/mol. The van der Waals surface area contributed by atoms with E-state index in [0.29, 0.717) is 21.4 Å². The van der Waals surface area contributed by atoms with Crippen molar-refractivity contribution in [3.8, 4) is 18.1 Å². The summed E-state index contributed by atoms with van der Waals surface area (Å²) in [6, 6.07) is 3.17. The van der Waals surface area contributed by atoms with Gasteiger partial charge in [0.05, 0.1) is 16.7 Å². The van der Waals surface area contributed by atoms with Crippen LogP contribution in [0.1, 0.15) is 5.56 Å². The van der Waals surface area contributed by atoms with Crippen molar-refractivity contribution in [1.29, 1.82) is 0 Å². The minimum atomic E-state index is -0.116. The number of terminal acetylenes is 1. The molecule has 1 N–H and O–H groups in total. The number of halogens is 2. The van der Waals surface area contributed by atoms with Gasteiger partial charge < -0.3 is 9.84 Å². The molecule has 1 aromatic carbocycles. The average molecular weight is 231 g/mol. The van der Waals surface area contributed by atoms with Crippen molar-refractivity contribution in [2.45, 2.75) is 6.61 Å². The third-order valence-corrected chi connectivity index (χ3v) is 2.10. The molecule has 0 spiro atoms. The van der Waals surface area contributed by atoms with Crippen LogP contribution in [0.3, 0.4) is 0 Å². The number of hydrogen-bond acceptors (Lipinski definition) is 2. The van der Waals surface area contributed by atoms with Crippen LogP contribution in [0, 0.1) is 12.3 Å². The fourth-order valence-electron chi connectivity index (χ4n) is 0.955. The van der Waals surface area contributed by atoms with E-state index < -0.39 is 0 Å². The third-order valence-electron chi connectivity index (χ3n) is 1.54. The van der Waals surface area contributed by atoms with E-state index in [0.717, 1.165) is 0 Å². The van der Waals surface area contributed by atoms with Crippen LogP contribution < -0.4 is 4.74 Å². The van der Waals surface area contributed by atoms with Gasteiger partial charge in [0.15, 0.2) is 5.75 Å². The van der Waals surface area contributed by atoms with Gasteiger partial charge in [0, 0.05) is 0 Å². The van der Waals surface area contributed by atoms with Crippen LogP contribution >= 0.6 is 23.2 Å². The lowest BCUT2D eigenvalue weighted by Crippen LogP contribution is -1.96. The molecular weight excluding hydrogens is 223 g/mol. The Kier molecular flexibility index (Phi) is 4.09. The first kappa shape index (κ1) is 11.2. The zero-order valence-corrected chi connectivity index (χ0v) is 8.77. The maximum absolute atomic E-state index is 8.86. The molecule has 0 saturated carbocycles. The fourth-order valence-corrected chi connectivity index (χ4v) is 1.60. The number of hydrogen-bond donors (Lipinski definition) is 1. The lowest BCUT2D eigenvalue weighted by molar-refractivity contribution is 0.281. The molecule has 4 heteroatoms. The van der Waals surface area contributed by atoms with Gasteiger partial charge in [-0.3, -0.25) is 0 Å². The standard InChI is InChI=1S/C10H8Cl2O2/c1-2-3-14-10-8(11)4-7(6-13)5-9(10)12/h1,4-5,13H,3,6H2. The summed E-state index contributed by atoms with van der Waals surface area (Å²) in [5, 5.41) is 9.55. The van der Waals surface area contributed by atoms with E-state index in [9.17, 15) is 0 Å². The van der Waals surface area contributed by atoms with E-state index in [2.05, 4.69) is 5.92 Å². The molecule has 74 valence electrons. The molecule has 0 saturated heterocycles. The van der Waals surface area contributed by atoms with Crippen LogP contribution in [0.4, 0.5) is 0 Å². The van der Waals surface area contributed by atoms with E-state index in [1.807, 2.05) is 0 Å². The van der Waals surface area contributed by atoms with Gasteiger partial charge in [0.2, 0.25) is 0 Å². The molecule has 1 aromatic rings. The van der Waals surface area contributed by atoms with E-state index in [-0.39, 0.29) is 13.2 Å². The van der Waals surface area contributed by atoms with Crippen molar-refractivity contribution in [2.24, 2.45) is 0 Å². The van der Waals surface area contributed by atoms with Crippen molar-refractivity contribution < 1.29 is 9.84 Å². The Balaban J connectivity index is 3.00. The highest BCUT2D eigenvalue weighted by Gasteiger charge is 2.08. The first-order valence-electron chi connectivity index (χ1n) is 3.84. The van der Waals surface area contributed by atoms with Gasteiger partial charge in [-0.2, -0.15) is 0 Å². The maximum Gasteiger partial charge on any atom is 0.157 e. The molecule has 0 aliphatic rings.